The molecule has 10 heteroatoms. The first-order valence-electron chi connectivity index (χ1n) is 10.2. The highest BCUT2D eigenvalue weighted by Crippen LogP contribution is 2.31. The van der Waals surface area contributed by atoms with Gasteiger partial charge >= 0.3 is 6.09 Å². The normalized spacial score (nSPS) is 15.6. The van der Waals surface area contributed by atoms with Crippen LogP contribution in [-0.2, 0) is 9.57 Å². The Kier molecular flexibility index (Phi) is 7.94. The smallest absolute Gasteiger partial charge is 0.414 e. The van der Waals surface area contributed by atoms with Crippen LogP contribution in [0.15, 0.2) is 42.5 Å². The Morgan fingerprint density at radius 2 is 1.91 bits per heavy atom. The maximum Gasteiger partial charge on any atom is 0.414 e. The van der Waals surface area contributed by atoms with Crippen LogP contribution >= 0.6 is 12.2 Å². The highest BCUT2D eigenvalue weighted by Gasteiger charge is 2.33. The molecule has 7 nitrogen and oxygen atoms in total. The largest absolute Gasteiger partial charge is 0.443 e. The maximum atomic E-state index is 15.0. The number of likely N-dealkylation sites (N-methyl/N-ethyl adjacent to an activating group) is 1. The van der Waals surface area contributed by atoms with Gasteiger partial charge in [0.2, 0.25) is 0 Å². The van der Waals surface area contributed by atoms with Crippen LogP contribution in [0.5, 0.6) is 0 Å². The summed E-state index contributed by atoms with van der Waals surface area (Å²) in [5.41, 5.74) is 6.24. The lowest BCUT2D eigenvalue weighted by Crippen LogP contribution is -2.38. The van der Waals surface area contributed by atoms with E-state index >= 15 is 0 Å². The quantitative estimate of drug-likeness (QED) is 0.451. The van der Waals surface area contributed by atoms with Crippen LogP contribution in [0.25, 0.3) is 0 Å². The molecule has 1 heterocycles. The number of hydrogen-bond acceptors (Lipinski definition) is 6. The van der Waals surface area contributed by atoms with E-state index in [1.807, 2.05) is 30.3 Å². The first-order valence-corrected chi connectivity index (χ1v) is 10.6. The molecule has 1 aliphatic heterocycles. The van der Waals surface area contributed by atoms with Crippen LogP contribution < -0.4 is 15.5 Å². The van der Waals surface area contributed by atoms with Crippen molar-refractivity contribution in [2.75, 3.05) is 49.6 Å². The molecule has 1 aliphatic rings. The molecule has 0 bridgehead atoms. The summed E-state index contributed by atoms with van der Waals surface area (Å²) >= 11 is 5.48. The molecule has 0 saturated carbocycles. The van der Waals surface area contributed by atoms with Crippen LogP contribution in [0.1, 0.15) is 12.5 Å². The Balaban J connectivity index is 1.75. The second kappa shape index (κ2) is 10.7. The number of nitrogens with two attached hydrogens (primary N) is 1. The second-order valence-corrected chi connectivity index (χ2v) is 7.53. The van der Waals surface area contributed by atoms with E-state index in [0.29, 0.717) is 11.5 Å². The van der Waals surface area contributed by atoms with Gasteiger partial charge in [0.05, 0.1) is 25.9 Å². The molecule has 0 aliphatic carbocycles. The van der Waals surface area contributed by atoms with Crippen LogP contribution in [0.4, 0.5) is 25.0 Å². The Bertz CT molecular complexity index is 940. The number of rotatable bonds is 9. The van der Waals surface area contributed by atoms with Gasteiger partial charge in [0.1, 0.15) is 16.8 Å². The number of nitrogens with zero attached hydrogens (tertiary/aromatic N) is 3. The molecule has 32 heavy (non-hydrogen) atoms. The summed E-state index contributed by atoms with van der Waals surface area (Å²) in [7, 11) is 1.49. The number of amides is 1. The van der Waals surface area contributed by atoms with Gasteiger partial charge in [-0.15, -0.1) is 0 Å². The standard InChI is InChI=1S/C22H26F2N4O3S/c1-3-26(9-10-28(30-2)21(32)15-7-5-4-6-8-15)20-18(23)11-16(12-19(20)24)27-14-17(13-25)31-22(27)29/h4-8,11-12,17H,3,9-10,13-14,25H2,1-2H3/t17-/m0/s1. The second-order valence-electron chi connectivity index (χ2n) is 7.15. The number of cyclic esters (lactones) is 1. The molecule has 1 amide bonds. The minimum Gasteiger partial charge on any atom is -0.443 e. The van der Waals surface area contributed by atoms with Gasteiger partial charge in [-0.3, -0.25) is 9.74 Å². The van der Waals surface area contributed by atoms with Crippen molar-refractivity contribution >= 4 is 34.7 Å². The van der Waals surface area contributed by atoms with Crippen molar-refractivity contribution in [1.82, 2.24) is 5.06 Å². The van der Waals surface area contributed by atoms with Gasteiger partial charge in [-0.1, -0.05) is 42.5 Å². The number of halogens is 2. The van der Waals surface area contributed by atoms with Crippen molar-refractivity contribution in [1.29, 1.82) is 0 Å². The van der Waals surface area contributed by atoms with Crippen LogP contribution in [0.2, 0.25) is 0 Å². The summed E-state index contributed by atoms with van der Waals surface area (Å²) in [6.45, 7) is 2.97. The molecular formula is C22H26F2N4O3S. The lowest BCUT2D eigenvalue weighted by Gasteiger charge is -2.29. The third-order valence-electron chi connectivity index (χ3n) is 5.19. The lowest BCUT2D eigenvalue weighted by molar-refractivity contribution is -0.0592. The lowest BCUT2D eigenvalue weighted by atomic mass is 10.2. The molecule has 2 aromatic carbocycles. The number of thiocarbonyl (C=S) groups is 1. The van der Waals surface area contributed by atoms with Crippen molar-refractivity contribution in [2.45, 2.75) is 13.0 Å². The molecule has 0 aromatic heterocycles. The molecule has 2 aromatic rings. The van der Waals surface area contributed by atoms with E-state index < -0.39 is 23.8 Å². The number of hydrogen-bond donors (Lipinski definition) is 1. The Labute approximate surface area is 191 Å². The minimum absolute atomic E-state index is 0.0875. The summed E-state index contributed by atoms with van der Waals surface area (Å²) in [6, 6.07) is 11.6. The third-order valence-corrected chi connectivity index (χ3v) is 5.63. The molecular weight excluding hydrogens is 438 g/mol. The van der Waals surface area contributed by atoms with Crippen LogP contribution in [0.3, 0.4) is 0 Å². The van der Waals surface area contributed by atoms with Crippen molar-refractivity contribution in [3.05, 3.63) is 59.7 Å². The van der Waals surface area contributed by atoms with Crippen molar-refractivity contribution in [3.8, 4) is 0 Å². The predicted molar refractivity (Wildman–Crippen MR) is 123 cm³/mol. The Morgan fingerprint density at radius 3 is 2.44 bits per heavy atom. The molecule has 172 valence electrons. The molecule has 1 saturated heterocycles. The average molecular weight is 465 g/mol. The van der Waals surface area contributed by atoms with E-state index in [4.69, 9.17) is 27.5 Å². The topological polar surface area (TPSA) is 71.3 Å². The fourth-order valence-electron chi connectivity index (χ4n) is 3.51. The molecule has 0 radical (unpaired) electrons. The van der Waals surface area contributed by atoms with Gasteiger partial charge in [0.15, 0.2) is 11.6 Å². The van der Waals surface area contributed by atoms with Crippen molar-refractivity contribution < 1.29 is 23.1 Å². The van der Waals surface area contributed by atoms with E-state index in [1.54, 1.807) is 11.8 Å². The number of anilines is 2. The van der Waals surface area contributed by atoms with Gasteiger partial charge in [-0.2, -0.15) is 0 Å². The first kappa shape index (κ1) is 23.8. The number of carbonyl (C=O) groups is 1. The van der Waals surface area contributed by atoms with Gasteiger partial charge in [-0.05, 0) is 6.92 Å². The van der Waals surface area contributed by atoms with E-state index in [1.165, 1.54) is 17.1 Å². The zero-order valence-corrected chi connectivity index (χ0v) is 18.8. The van der Waals surface area contributed by atoms with Gasteiger partial charge in [0, 0.05) is 37.3 Å². The Hall–Kier alpha value is -2.82. The van der Waals surface area contributed by atoms with Gasteiger partial charge < -0.3 is 15.4 Å². The number of hydroxylamine groups is 2. The molecule has 1 fully saturated rings. The summed E-state index contributed by atoms with van der Waals surface area (Å²) in [6.07, 6.45) is -1.18. The minimum atomic E-state index is -0.777. The zero-order valence-electron chi connectivity index (χ0n) is 18.0. The number of carbonyl (C=O) groups excluding carboxylic acids is 1. The van der Waals surface area contributed by atoms with Crippen LogP contribution in [-0.4, -0.2) is 62.1 Å². The molecule has 0 spiro atoms. The molecule has 2 N–H and O–H groups in total. The average Bonchev–Trinajstić information content (AvgIpc) is 3.18. The molecule has 0 unspecified atom stereocenters. The summed E-state index contributed by atoms with van der Waals surface area (Å²) in [5, 5.41) is 1.50. The van der Waals surface area contributed by atoms with E-state index in [2.05, 4.69) is 0 Å². The predicted octanol–water partition coefficient (Wildman–Crippen LogP) is 3.31. The monoisotopic (exact) mass is 464 g/mol. The van der Waals surface area contributed by atoms with E-state index in [0.717, 1.165) is 17.7 Å². The number of ether oxygens (including phenoxy) is 1. The first-order chi connectivity index (χ1) is 15.4. The summed E-state index contributed by atoms with van der Waals surface area (Å²) < 4.78 is 35.0. The van der Waals surface area contributed by atoms with E-state index in [-0.39, 0.29) is 37.6 Å². The highest BCUT2D eigenvalue weighted by atomic mass is 32.1. The molecule has 1 atom stereocenters. The van der Waals surface area contributed by atoms with Crippen molar-refractivity contribution in [2.24, 2.45) is 5.73 Å². The fourth-order valence-corrected chi connectivity index (χ4v) is 3.81. The summed E-state index contributed by atoms with van der Waals surface area (Å²) in [4.78, 5) is 20.6. The SMILES string of the molecule is CCN(CCN(OC)C(=S)c1ccccc1)c1c(F)cc(N2C[C@H](CN)OC2=O)cc1F. The van der Waals surface area contributed by atoms with Gasteiger partial charge in [-0.25, -0.2) is 18.6 Å². The fraction of sp³-hybridized carbons (Fsp3) is 0.364. The maximum absolute atomic E-state index is 15.0. The van der Waals surface area contributed by atoms with E-state index in [9.17, 15) is 13.6 Å². The van der Waals surface area contributed by atoms with Gasteiger partial charge in [0.25, 0.3) is 0 Å². The van der Waals surface area contributed by atoms with Crippen LogP contribution in [0, 0.1) is 11.6 Å². The highest BCUT2D eigenvalue weighted by molar-refractivity contribution is 7.80. The summed E-state index contributed by atoms with van der Waals surface area (Å²) in [5.74, 6) is -1.55. The number of benzene rings is 2. The van der Waals surface area contributed by atoms with Crippen molar-refractivity contribution in [3.63, 3.8) is 0 Å². The molecule has 3 rings (SSSR count). The third kappa shape index (κ3) is 5.14. The Morgan fingerprint density at radius 1 is 1.25 bits per heavy atom. The zero-order chi connectivity index (χ0) is 23.3.